The summed E-state index contributed by atoms with van der Waals surface area (Å²) in [5.41, 5.74) is 0.908. The average molecular weight is 197 g/mol. The minimum Gasteiger partial charge on any atom is -0.475 e. The van der Waals surface area contributed by atoms with Crippen molar-refractivity contribution in [3.05, 3.63) is 11.9 Å². The smallest absolute Gasteiger partial charge is 0.221 e. The number of anilines is 1. The van der Waals surface area contributed by atoms with Gasteiger partial charge in [-0.3, -0.25) is 0 Å². The van der Waals surface area contributed by atoms with E-state index in [0.29, 0.717) is 19.1 Å². The lowest BCUT2D eigenvalue weighted by atomic mass is 10.3. The molecule has 0 bridgehead atoms. The molecule has 1 N–H and O–H groups in total. The van der Waals surface area contributed by atoms with E-state index in [1.807, 2.05) is 14.0 Å². The molecule has 0 fully saturated rings. The zero-order chi connectivity index (χ0) is 10.4. The van der Waals surface area contributed by atoms with Crippen LogP contribution in [0.1, 0.15) is 5.56 Å². The van der Waals surface area contributed by atoms with Gasteiger partial charge in [-0.2, -0.15) is 0 Å². The second-order valence-electron chi connectivity index (χ2n) is 2.74. The summed E-state index contributed by atoms with van der Waals surface area (Å²) in [7, 11) is 3.45. The summed E-state index contributed by atoms with van der Waals surface area (Å²) in [6.45, 7) is 2.96. The minimum absolute atomic E-state index is 0.498. The first-order chi connectivity index (χ1) is 6.79. The minimum atomic E-state index is 0.498. The van der Waals surface area contributed by atoms with Gasteiger partial charge in [0.1, 0.15) is 18.8 Å². The Labute approximate surface area is 83.5 Å². The number of nitrogens with zero attached hydrogens (tertiary/aromatic N) is 2. The molecule has 5 heteroatoms. The topological polar surface area (TPSA) is 56.3 Å². The lowest BCUT2D eigenvalue weighted by Gasteiger charge is -2.09. The standard InChI is InChI=1S/C9H15N3O2/c1-7-8(10-2)11-6-12-9(7)14-5-4-13-3/h6H,4-5H2,1-3H3,(H,10,11,12). The molecule has 1 aromatic rings. The molecule has 0 saturated carbocycles. The molecule has 1 heterocycles. The second-order valence-corrected chi connectivity index (χ2v) is 2.74. The third-order valence-electron chi connectivity index (χ3n) is 1.80. The van der Waals surface area contributed by atoms with Crippen LogP contribution in [0.15, 0.2) is 6.33 Å². The van der Waals surface area contributed by atoms with Gasteiger partial charge in [0.25, 0.3) is 0 Å². The van der Waals surface area contributed by atoms with Crippen LogP contribution >= 0.6 is 0 Å². The molecule has 0 aliphatic heterocycles. The van der Waals surface area contributed by atoms with Crippen LogP contribution in [0, 0.1) is 6.92 Å². The van der Waals surface area contributed by atoms with Crippen molar-refractivity contribution < 1.29 is 9.47 Å². The summed E-state index contributed by atoms with van der Waals surface area (Å²) >= 11 is 0. The third kappa shape index (κ3) is 2.56. The summed E-state index contributed by atoms with van der Waals surface area (Å²) in [6.07, 6.45) is 1.47. The van der Waals surface area contributed by atoms with Gasteiger partial charge in [0.05, 0.1) is 12.2 Å². The van der Waals surface area contributed by atoms with E-state index in [9.17, 15) is 0 Å². The molecule has 1 rings (SSSR count). The van der Waals surface area contributed by atoms with Crippen molar-refractivity contribution in [2.45, 2.75) is 6.92 Å². The van der Waals surface area contributed by atoms with E-state index in [0.717, 1.165) is 11.4 Å². The number of ether oxygens (including phenoxy) is 2. The van der Waals surface area contributed by atoms with E-state index in [1.54, 1.807) is 7.11 Å². The zero-order valence-electron chi connectivity index (χ0n) is 8.70. The molecule has 0 spiro atoms. The summed E-state index contributed by atoms with van der Waals surface area (Å²) in [5, 5.41) is 2.96. The van der Waals surface area contributed by atoms with Crippen molar-refractivity contribution in [2.75, 3.05) is 32.7 Å². The van der Waals surface area contributed by atoms with Crippen LogP contribution in [0.2, 0.25) is 0 Å². The van der Waals surface area contributed by atoms with Crippen molar-refractivity contribution in [3.8, 4) is 5.88 Å². The lowest BCUT2D eigenvalue weighted by Crippen LogP contribution is -2.08. The molecule has 0 atom stereocenters. The molecule has 0 saturated heterocycles. The van der Waals surface area contributed by atoms with Crippen molar-refractivity contribution >= 4 is 5.82 Å². The van der Waals surface area contributed by atoms with Crippen molar-refractivity contribution in [1.29, 1.82) is 0 Å². The Hall–Kier alpha value is -1.36. The van der Waals surface area contributed by atoms with Gasteiger partial charge in [-0.25, -0.2) is 9.97 Å². The van der Waals surface area contributed by atoms with E-state index in [2.05, 4.69) is 15.3 Å². The number of methoxy groups -OCH3 is 1. The van der Waals surface area contributed by atoms with Crippen LogP contribution < -0.4 is 10.1 Å². The van der Waals surface area contributed by atoms with Crippen molar-refractivity contribution in [3.63, 3.8) is 0 Å². The normalized spacial score (nSPS) is 9.93. The van der Waals surface area contributed by atoms with Gasteiger partial charge in [0.2, 0.25) is 5.88 Å². The highest BCUT2D eigenvalue weighted by molar-refractivity contribution is 5.46. The molecule has 0 aromatic carbocycles. The first-order valence-electron chi connectivity index (χ1n) is 4.40. The van der Waals surface area contributed by atoms with Gasteiger partial charge in [-0.1, -0.05) is 0 Å². The average Bonchev–Trinajstić information content (AvgIpc) is 2.21. The molecular weight excluding hydrogens is 182 g/mol. The van der Waals surface area contributed by atoms with Crippen LogP contribution in [0.4, 0.5) is 5.82 Å². The van der Waals surface area contributed by atoms with E-state index in [1.165, 1.54) is 6.33 Å². The maximum Gasteiger partial charge on any atom is 0.221 e. The molecule has 0 amide bonds. The molecule has 0 aliphatic carbocycles. The lowest BCUT2D eigenvalue weighted by molar-refractivity contribution is 0.143. The van der Waals surface area contributed by atoms with Crippen LogP contribution in [0.5, 0.6) is 5.88 Å². The van der Waals surface area contributed by atoms with Crippen LogP contribution in [0.3, 0.4) is 0 Å². The molecule has 0 unspecified atom stereocenters. The van der Waals surface area contributed by atoms with Crippen LogP contribution in [-0.2, 0) is 4.74 Å². The third-order valence-corrected chi connectivity index (χ3v) is 1.80. The maximum atomic E-state index is 5.40. The summed E-state index contributed by atoms with van der Waals surface area (Å²) in [6, 6.07) is 0. The van der Waals surface area contributed by atoms with E-state index in [-0.39, 0.29) is 0 Å². The Morgan fingerprint density at radius 1 is 1.36 bits per heavy atom. The molecule has 78 valence electrons. The van der Waals surface area contributed by atoms with Gasteiger partial charge in [-0.15, -0.1) is 0 Å². The Kier molecular flexibility index (Phi) is 4.12. The fourth-order valence-electron chi connectivity index (χ4n) is 1.05. The Bertz CT molecular complexity index is 291. The molecular formula is C9H15N3O2. The molecule has 1 aromatic heterocycles. The Balaban J connectivity index is 2.66. The van der Waals surface area contributed by atoms with Crippen molar-refractivity contribution in [2.24, 2.45) is 0 Å². The summed E-state index contributed by atoms with van der Waals surface area (Å²) in [4.78, 5) is 8.08. The summed E-state index contributed by atoms with van der Waals surface area (Å²) in [5.74, 6) is 1.38. The molecule has 14 heavy (non-hydrogen) atoms. The number of rotatable bonds is 5. The summed E-state index contributed by atoms with van der Waals surface area (Å²) < 4.78 is 10.3. The van der Waals surface area contributed by atoms with E-state index in [4.69, 9.17) is 9.47 Å². The maximum absolute atomic E-state index is 5.40. The second kappa shape index (κ2) is 5.39. The van der Waals surface area contributed by atoms with Gasteiger partial charge in [0, 0.05) is 14.2 Å². The van der Waals surface area contributed by atoms with Gasteiger partial charge in [0.15, 0.2) is 0 Å². The van der Waals surface area contributed by atoms with E-state index < -0.39 is 0 Å². The van der Waals surface area contributed by atoms with Gasteiger partial charge in [-0.05, 0) is 6.92 Å². The fraction of sp³-hybridized carbons (Fsp3) is 0.556. The largest absolute Gasteiger partial charge is 0.475 e. The number of nitrogens with one attached hydrogen (secondary N) is 1. The monoisotopic (exact) mass is 197 g/mol. The predicted molar refractivity (Wildman–Crippen MR) is 53.7 cm³/mol. The Morgan fingerprint density at radius 3 is 2.79 bits per heavy atom. The highest BCUT2D eigenvalue weighted by Gasteiger charge is 2.05. The van der Waals surface area contributed by atoms with Crippen LogP contribution in [0.25, 0.3) is 0 Å². The number of aromatic nitrogens is 2. The highest BCUT2D eigenvalue weighted by Crippen LogP contribution is 2.19. The highest BCUT2D eigenvalue weighted by atomic mass is 16.5. The van der Waals surface area contributed by atoms with Gasteiger partial charge >= 0.3 is 0 Å². The first kappa shape index (κ1) is 10.7. The predicted octanol–water partition coefficient (Wildman–Crippen LogP) is 0.852. The first-order valence-corrected chi connectivity index (χ1v) is 4.40. The Morgan fingerprint density at radius 2 is 2.14 bits per heavy atom. The molecule has 0 aliphatic rings. The van der Waals surface area contributed by atoms with Crippen molar-refractivity contribution in [1.82, 2.24) is 9.97 Å². The quantitative estimate of drug-likeness (QED) is 0.709. The number of hydrogen-bond acceptors (Lipinski definition) is 5. The van der Waals surface area contributed by atoms with E-state index >= 15 is 0 Å². The zero-order valence-corrected chi connectivity index (χ0v) is 8.70. The molecule has 5 nitrogen and oxygen atoms in total. The fourth-order valence-corrected chi connectivity index (χ4v) is 1.05. The van der Waals surface area contributed by atoms with Crippen LogP contribution in [-0.4, -0.2) is 37.3 Å². The number of hydrogen-bond donors (Lipinski definition) is 1. The van der Waals surface area contributed by atoms with Gasteiger partial charge < -0.3 is 14.8 Å². The SMILES string of the molecule is CNc1ncnc(OCCOC)c1C. The molecule has 0 radical (unpaired) electrons.